The summed E-state index contributed by atoms with van der Waals surface area (Å²) in [5.74, 6) is 0.577. The van der Waals surface area contributed by atoms with Gasteiger partial charge in [-0.05, 0) is 49.7 Å². The summed E-state index contributed by atoms with van der Waals surface area (Å²) in [6.45, 7) is 10.5. The van der Waals surface area contributed by atoms with Gasteiger partial charge < -0.3 is 15.1 Å². The summed E-state index contributed by atoms with van der Waals surface area (Å²) in [5, 5.41) is 7.68. The zero-order valence-corrected chi connectivity index (χ0v) is 21.1. The molecular formula is C27H34N8. The molecule has 0 unspecified atom stereocenters. The molecule has 0 radical (unpaired) electrons. The Bertz CT molecular complexity index is 1250. The van der Waals surface area contributed by atoms with Gasteiger partial charge in [0.25, 0.3) is 0 Å². The van der Waals surface area contributed by atoms with Gasteiger partial charge >= 0.3 is 0 Å². The van der Waals surface area contributed by atoms with E-state index in [1.165, 1.54) is 16.8 Å². The van der Waals surface area contributed by atoms with E-state index in [9.17, 15) is 0 Å². The Labute approximate surface area is 207 Å². The summed E-state index contributed by atoms with van der Waals surface area (Å²) < 4.78 is 1.79. The van der Waals surface area contributed by atoms with Crippen LogP contribution >= 0.6 is 0 Å². The Kier molecular flexibility index (Phi) is 6.66. The number of hydrogen-bond acceptors (Lipinski definition) is 7. The molecule has 182 valence electrons. The average Bonchev–Trinajstić information content (AvgIpc) is 3.29. The van der Waals surface area contributed by atoms with Crippen LogP contribution in [0, 0.1) is 13.8 Å². The molecule has 2 aliphatic heterocycles. The maximum Gasteiger partial charge on any atom is 0.227 e. The Morgan fingerprint density at radius 2 is 1.83 bits per heavy atom. The van der Waals surface area contributed by atoms with Crippen molar-refractivity contribution in [3.05, 3.63) is 77.5 Å². The Balaban J connectivity index is 1.33. The SMILES string of the molecule is Cc1ccc(CN2CCN(C)CC2)cc1N1C=C(Nc2ncc(C)c(-c3cnn(C)c3)n2)C=CC1. The number of hydrogen-bond donors (Lipinski definition) is 1. The highest BCUT2D eigenvalue weighted by atomic mass is 15.2. The molecule has 0 spiro atoms. The van der Waals surface area contributed by atoms with Gasteiger partial charge in [-0.25, -0.2) is 9.97 Å². The van der Waals surface area contributed by atoms with Crippen molar-refractivity contribution in [2.45, 2.75) is 20.4 Å². The van der Waals surface area contributed by atoms with Crippen molar-refractivity contribution in [3.8, 4) is 11.3 Å². The van der Waals surface area contributed by atoms with Crippen LogP contribution in [0.2, 0.25) is 0 Å². The predicted octanol–water partition coefficient (Wildman–Crippen LogP) is 3.57. The number of likely N-dealkylation sites (N-methyl/N-ethyl adjacent to an activating group) is 1. The maximum atomic E-state index is 4.77. The third kappa shape index (κ3) is 5.44. The van der Waals surface area contributed by atoms with E-state index in [2.05, 4.69) is 80.6 Å². The summed E-state index contributed by atoms with van der Waals surface area (Å²) in [7, 11) is 4.11. The van der Waals surface area contributed by atoms with E-state index in [0.717, 1.165) is 61.8 Å². The molecule has 4 heterocycles. The summed E-state index contributed by atoms with van der Waals surface area (Å²) in [6, 6.07) is 6.84. The fraction of sp³-hybridized carbons (Fsp3) is 0.370. The second kappa shape index (κ2) is 10.0. The van der Waals surface area contributed by atoms with Gasteiger partial charge in [0.1, 0.15) is 0 Å². The molecular weight excluding hydrogens is 436 g/mol. The van der Waals surface area contributed by atoms with E-state index >= 15 is 0 Å². The largest absolute Gasteiger partial charge is 0.342 e. The summed E-state index contributed by atoms with van der Waals surface area (Å²) in [4.78, 5) is 16.5. The molecule has 1 fully saturated rings. The van der Waals surface area contributed by atoms with E-state index in [1.54, 1.807) is 4.68 Å². The zero-order chi connectivity index (χ0) is 24.4. The van der Waals surface area contributed by atoms with Crippen molar-refractivity contribution in [3.63, 3.8) is 0 Å². The molecule has 0 saturated carbocycles. The van der Waals surface area contributed by atoms with Gasteiger partial charge in [-0.3, -0.25) is 9.58 Å². The quantitative estimate of drug-likeness (QED) is 0.591. The summed E-state index contributed by atoms with van der Waals surface area (Å²) in [5.41, 5.74) is 7.71. The summed E-state index contributed by atoms with van der Waals surface area (Å²) in [6.07, 6.45) is 12.1. The van der Waals surface area contributed by atoms with Gasteiger partial charge in [0.05, 0.1) is 17.6 Å². The van der Waals surface area contributed by atoms with Crippen molar-refractivity contribution in [1.82, 2.24) is 29.5 Å². The number of allylic oxidation sites excluding steroid dienone is 1. The molecule has 1 saturated heterocycles. The Hall–Kier alpha value is -3.49. The molecule has 8 nitrogen and oxygen atoms in total. The number of aromatic nitrogens is 4. The lowest BCUT2D eigenvalue weighted by molar-refractivity contribution is 0.148. The lowest BCUT2D eigenvalue weighted by atomic mass is 10.1. The molecule has 5 rings (SSSR count). The standard InChI is InChI=1S/C27H34N8/c1-20-7-8-22(17-34-12-10-32(3)11-13-34)14-25(20)35-9-5-6-24(19-35)30-27-28-15-21(2)26(31-27)23-16-29-33(4)18-23/h5-8,14-16,18-19H,9-13,17H2,1-4H3,(H,28,30,31). The molecule has 2 aliphatic rings. The fourth-order valence-electron chi connectivity index (χ4n) is 4.59. The monoisotopic (exact) mass is 470 g/mol. The number of benzene rings is 1. The molecule has 0 bridgehead atoms. The first-order chi connectivity index (χ1) is 16.9. The molecule has 3 aromatic rings. The minimum absolute atomic E-state index is 0.577. The first-order valence-corrected chi connectivity index (χ1v) is 12.2. The predicted molar refractivity (Wildman–Crippen MR) is 141 cm³/mol. The second-order valence-electron chi connectivity index (χ2n) is 9.59. The van der Waals surface area contributed by atoms with Gasteiger partial charge in [-0.15, -0.1) is 0 Å². The molecule has 0 atom stereocenters. The number of piperazine rings is 1. The Morgan fingerprint density at radius 1 is 1.00 bits per heavy atom. The first kappa shape index (κ1) is 23.3. The highest BCUT2D eigenvalue weighted by Gasteiger charge is 2.16. The van der Waals surface area contributed by atoms with Crippen LogP contribution in [-0.2, 0) is 13.6 Å². The van der Waals surface area contributed by atoms with Crippen LogP contribution in [0.5, 0.6) is 0 Å². The average molecular weight is 471 g/mol. The normalized spacial score (nSPS) is 17.0. The van der Waals surface area contributed by atoms with Gasteiger partial charge in [0.2, 0.25) is 5.95 Å². The minimum Gasteiger partial charge on any atom is -0.342 e. The molecule has 0 amide bonds. The third-order valence-corrected chi connectivity index (χ3v) is 6.69. The van der Waals surface area contributed by atoms with E-state index in [4.69, 9.17) is 4.98 Å². The van der Waals surface area contributed by atoms with Crippen LogP contribution in [0.15, 0.2) is 60.8 Å². The lowest BCUT2D eigenvalue weighted by Crippen LogP contribution is -2.43. The van der Waals surface area contributed by atoms with Gasteiger partial charge in [0.15, 0.2) is 0 Å². The van der Waals surface area contributed by atoms with Crippen LogP contribution < -0.4 is 10.2 Å². The van der Waals surface area contributed by atoms with Crippen molar-refractivity contribution < 1.29 is 0 Å². The second-order valence-corrected chi connectivity index (χ2v) is 9.59. The first-order valence-electron chi connectivity index (χ1n) is 12.2. The third-order valence-electron chi connectivity index (χ3n) is 6.69. The van der Waals surface area contributed by atoms with Crippen molar-refractivity contribution in [1.29, 1.82) is 0 Å². The van der Waals surface area contributed by atoms with Crippen LogP contribution in [0.4, 0.5) is 11.6 Å². The van der Waals surface area contributed by atoms with E-state index in [0.29, 0.717) is 5.95 Å². The number of nitrogens with one attached hydrogen (secondary N) is 1. The lowest BCUT2D eigenvalue weighted by Gasteiger charge is -2.32. The maximum absolute atomic E-state index is 4.77. The number of anilines is 2. The van der Waals surface area contributed by atoms with E-state index in [1.807, 2.05) is 32.6 Å². The molecule has 2 aromatic heterocycles. The van der Waals surface area contributed by atoms with Crippen molar-refractivity contribution in [2.75, 3.05) is 50.0 Å². The highest BCUT2D eigenvalue weighted by molar-refractivity contribution is 5.64. The van der Waals surface area contributed by atoms with Crippen LogP contribution in [0.1, 0.15) is 16.7 Å². The molecule has 8 heteroatoms. The van der Waals surface area contributed by atoms with Crippen LogP contribution in [-0.4, -0.2) is 69.3 Å². The smallest absolute Gasteiger partial charge is 0.227 e. The van der Waals surface area contributed by atoms with Gasteiger partial charge in [-0.1, -0.05) is 18.2 Å². The van der Waals surface area contributed by atoms with Gasteiger partial charge in [-0.2, -0.15) is 5.10 Å². The molecule has 1 aromatic carbocycles. The van der Waals surface area contributed by atoms with Crippen molar-refractivity contribution in [2.24, 2.45) is 7.05 Å². The number of nitrogens with zero attached hydrogens (tertiary/aromatic N) is 7. The molecule has 35 heavy (non-hydrogen) atoms. The zero-order valence-electron chi connectivity index (χ0n) is 21.1. The topological polar surface area (TPSA) is 65.3 Å². The van der Waals surface area contributed by atoms with Crippen molar-refractivity contribution >= 4 is 11.6 Å². The molecule has 0 aliphatic carbocycles. The van der Waals surface area contributed by atoms with Crippen LogP contribution in [0.3, 0.4) is 0 Å². The Morgan fingerprint density at radius 3 is 2.60 bits per heavy atom. The number of rotatable bonds is 6. The van der Waals surface area contributed by atoms with E-state index < -0.39 is 0 Å². The molecule has 1 N–H and O–H groups in total. The fourth-order valence-corrected chi connectivity index (χ4v) is 4.59. The van der Waals surface area contributed by atoms with Crippen LogP contribution in [0.25, 0.3) is 11.3 Å². The summed E-state index contributed by atoms with van der Waals surface area (Å²) >= 11 is 0. The van der Waals surface area contributed by atoms with Gasteiger partial charge in [0, 0.05) is 76.2 Å². The minimum atomic E-state index is 0.577. The number of aryl methyl sites for hydroxylation is 3. The highest BCUT2D eigenvalue weighted by Crippen LogP contribution is 2.26. The van der Waals surface area contributed by atoms with E-state index in [-0.39, 0.29) is 0 Å².